The Kier molecular flexibility index (Phi) is 5.07. The second kappa shape index (κ2) is 6.83. The number of aliphatic carboxylic acids is 1. The van der Waals surface area contributed by atoms with Crippen molar-refractivity contribution in [2.24, 2.45) is 5.92 Å². The highest BCUT2D eigenvalue weighted by molar-refractivity contribution is 7.98. The van der Waals surface area contributed by atoms with Gasteiger partial charge in [-0.15, -0.1) is 11.8 Å². The van der Waals surface area contributed by atoms with Gasteiger partial charge in [0.25, 0.3) is 0 Å². The number of carbonyl (C=O) groups excluding carboxylic acids is 2. The molecule has 0 spiro atoms. The molecular weight excluding hydrogens is 304 g/mol. The van der Waals surface area contributed by atoms with Gasteiger partial charge in [-0.05, 0) is 31.4 Å². The monoisotopic (exact) mass is 322 g/mol. The Morgan fingerprint density at radius 3 is 2.82 bits per heavy atom. The van der Waals surface area contributed by atoms with Gasteiger partial charge in [0.1, 0.15) is 6.04 Å². The van der Waals surface area contributed by atoms with E-state index in [1.807, 2.05) is 30.5 Å². The standard InChI is InChI=1S/C15H18N2O4S/c1-9(15(20)21)16-14(19)10-6-13(18)17(8-10)11-4-3-5-12(7-11)22-2/h3-5,7,9-10H,6,8H2,1-2H3,(H,16,19)(H,20,21)/t9-,10?/m1/s1. The van der Waals surface area contributed by atoms with Crippen molar-refractivity contribution in [3.8, 4) is 0 Å². The number of hydrogen-bond acceptors (Lipinski definition) is 4. The summed E-state index contributed by atoms with van der Waals surface area (Å²) in [6.07, 6.45) is 2.05. The molecule has 0 radical (unpaired) electrons. The van der Waals surface area contributed by atoms with Crippen LogP contribution in [0.2, 0.25) is 0 Å². The number of amides is 2. The van der Waals surface area contributed by atoms with Crippen LogP contribution in [0, 0.1) is 5.92 Å². The van der Waals surface area contributed by atoms with Gasteiger partial charge in [-0.3, -0.25) is 14.4 Å². The molecule has 7 heteroatoms. The molecule has 1 unspecified atom stereocenters. The van der Waals surface area contributed by atoms with Gasteiger partial charge in [-0.2, -0.15) is 0 Å². The van der Waals surface area contributed by atoms with Crippen LogP contribution in [0.1, 0.15) is 13.3 Å². The van der Waals surface area contributed by atoms with Gasteiger partial charge in [0.05, 0.1) is 5.92 Å². The topological polar surface area (TPSA) is 86.7 Å². The average molecular weight is 322 g/mol. The SMILES string of the molecule is CSc1cccc(N2CC(C(=O)N[C@H](C)C(=O)O)CC2=O)c1. The molecule has 1 fully saturated rings. The summed E-state index contributed by atoms with van der Waals surface area (Å²) in [5.74, 6) is -2.14. The number of nitrogens with zero attached hydrogens (tertiary/aromatic N) is 1. The van der Waals surface area contributed by atoms with Crippen molar-refractivity contribution in [3.05, 3.63) is 24.3 Å². The molecular formula is C15H18N2O4S. The number of hydrogen-bond donors (Lipinski definition) is 2. The fraction of sp³-hybridized carbons (Fsp3) is 0.400. The van der Waals surface area contributed by atoms with E-state index in [9.17, 15) is 14.4 Å². The molecule has 0 bridgehead atoms. The van der Waals surface area contributed by atoms with Crippen LogP contribution in [0.3, 0.4) is 0 Å². The molecule has 1 aromatic carbocycles. The van der Waals surface area contributed by atoms with Crippen LogP contribution in [0.5, 0.6) is 0 Å². The molecule has 118 valence electrons. The third kappa shape index (κ3) is 3.59. The molecule has 1 heterocycles. The number of rotatable bonds is 5. The summed E-state index contributed by atoms with van der Waals surface area (Å²) in [5, 5.41) is 11.2. The largest absolute Gasteiger partial charge is 0.480 e. The van der Waals surface area contributed by atoms with E-state index in [2.05, 4.69) is 5.32 Å². The lowest BCUT2D eigenvalue weighted by molar-refractivity contribution is -0.141. The Bertz CT molecular complexity index is 605. The van der Waals surface area contributed by atoms with Gasteiger partial charge < -0.3 is 15.3 Å². The molecule has 1 aliphatic heterocycles. The summed E-state index contributed by atoms with van der Waals surface area (Å²) in [4.78, 5) is 37.6. The third-order valence-corrected chi connectivity index (χ3v) is 4.32. The van der Waals surface area contributed by atoms with Crippen LogP contribution in [0.15, 0.2) is 29.2 Å². The highest BCUT2D eigenvalue weighted by Gasteiger charge is 2.36. The highest BCUT2D eigenvalue weighted by atomic mass is 32.2. The molecule has 0 saturated carbocycles. The summed E-state index contributed by atoms with van der Waals surface area (Å²) in [5.41, 5.74) is 0.762. The number of carboxylic acid groups (broad SMARTS) is 1. The first-order valence-corrected chi connectivity index (χ1v) is 8.12. The highest BCUT2D eigenvalue weighted by Crippen LogP contribution is 2.28. The number of thioether (sulfide) groups is 1. The normalized spacial score (nSPS) is 19.1. The second-order valence-electron chi connectivity index (χ2n) is 5.18. The lowest BCUT2D eigenvalue weighted by Gasteiger charge is -2.18. The smallest absolute Gasteiger partial charge is 0.325 e. The molecule has 2 rings (SSSR count). The number of anilines is 1. The van der Waals surface area contributed by atoms with Gasteiger partial charge in [-0.25, -0.2) is 0 Å². The molecule has 6 nitrogen and oxygen atoms in total. The fourth-order valence-electron chi connectivity index (χ4n) is 2.30. The van der Waals surface area contributed by atoms with Gasteiger partial charge in [0.15, 0.2) is 0 Å². The van der Waals surface area contributed by atoms with Gasteiger partial charge in [-0.1, -0.05) is 6.07 Å². The lowest BCUT2D eigenvalue weighted by Crippen LogP contribution is -2.42. The predicted molar refractivity (Wildman–Crippen MR) is 83.9 cm³/mol. The van der Waals surface area contributed by atoms with E-state index in [1.165, 1.54) is 6.92 Å². The van der Waals surface area contributed by atoms with E-state index in [0.29, 0.717) is 0 Å². The Labute approximate surface area is 132 Å². The first kappa shape index (κ1) is 16.4. The maximum absolute atomic E-state index is 12.1. The van der Waals surface area contributed by atoms with Crippen molar-refractivity contribution in [1.29, 1.82) is 0 Å². The van der Waals surface area contributed by atoms with Crippen molar-refractivity contribution in [3.63, 3.8) is 0 Å². The number of nitrogens with one attached hydrogen (secondary N) is 1. The Morgan fingerprint density at radius 2 is 2.18 bits per heavy atom. The quantitative estimate of drug-likeness (QED) is 0.799. The van der Waals surface area contributed by atoms with Gasteiger partial charge in [0.2, 0.25) is 11.8 Å². The van der Waals surface area contributed by atoms with Crippen molar-refractivity contribution in [2.45, 2.75) is 24.3 Å². The zero-order valence-corrected chi connectivity index (χ0v) is 13.2. The van der Waals surface area contributed by atoms with E-state index >= 15 is 0 Å². The maximum Gasteiger partial charge on any atom is 0.325 e. The van der Waals surface area contributed by atoms with Crippen molar-refractivity contribution < 1.29 is 19.5 Å². The Hall–Kier alpha value is -2.02. The Balaban J connectivity index is 2.07. The van der Waals surface area contributed by atoms with Crippen LogP contribution < -0.4 is 10.2 Å². The van der Waals surface area contributed by atoms with Crippen LogP contribution in [-0.2, 0) is 14.4 Å². The van der Waals surface area contributed by atoms with Crippen molar-refractivity contribution >= 4 is 35.2 Å². The maximum atomic E-state index is 12.1. The third-order valence-electron chi connectivity index (χ3n) is 3.59. The zero-order valence-electron chi connectivity index (χ0n) is 12.4. The summed E-state index contributed by atoms with van der Waals surface area (Å²) in [6, 6.07) is 6.60. The van der Waals surface area contributed by atoms with Crippen LogP contribution in [0.4, 0.5) is 5.69 Å². The van der Waals surface area contributed by atoms with Gasteiger partial charge >= 0.3 is 5.97 Å². The second-order valence-corrected chi connectivity index (χ2v) is 6.06. The molecule has 2 amide bonds. The molecule has 2 atom stereocenters. The summed E-state index contributed by atoms with van der Waals surface area (Å²) in [7, 11) is 0. The summed E-state index contributed by atoms with van der Waals surface area (Å²) >= 11 is 1.58. The van der Waals surface area contributed by atoms with Crippen LogP contribution in [0.25, 0.3) is 0 Å². The first-order chi connectivity index (χ1) is 10.4. The Morgan fingerprint density at radius 1 is 1.45 bits per heavy atom. The van der Waals surface area contributed by atoms with Crippen LogP contribution >= 0.6 is 11.8 Å². The van der Waals surface area contributed by atoms with Crippen molar-refractivity contribution in [1.82, 2.24) is 5.32 Å². The van der Waals surface area contributed by atoms with E-state index in [4.69, 9.17) is 5.11 Å². The number of benzene rings is 1. The molecule has 2 N–H and O–H groups in total. The minimum atomic E-state index is -1.10. The summed E-state index contributed by atoms with van der Waals surface area (Å²) in [6.45, 7) is 1.67. The molecule has 1 saturated heterocycles. The minimum Gasteiger partial charge on any atom is -0.480 e. The molecule has 0 aromatic heterocycles. The number of carbonyl (C=O) groups is 3. The minimum absolute atomic E-state index is 0.0989. The van der Waals surface area contributed by atoms with Crippen LogP contribution in [-0.4, -0.2) is 41.7 Å². The molecule has 0 aliphatic carbocycles. The number of carboxylic acids is 1. The van der Waals surface area contributed by atoms with Crippen molar-refractivity contribution in [2.75, 3.05) is 17.7 Å². The first-order valence-electron chi connectivity index (χ1n) is 6.90. The lowest BCUT2D eigenvalue weighted by atomic mass is 10.1. The average Bonchev–Trinajstić information content (AvgIpc) is 2.89. The summed E-state index contributed by atoms with van der Waals surface area (Å²) < 4.78 is 0. The van der Waals surface area contributed by atoms with E-state index in [1.54, 1.807) is 16.7 Å². The van der Waals surface area contributed by atoms with Gasteiger partial charge in [0, 0.05) is 23.5 Å². The molecule has 1 aromatic rings. The zero-order chi connectivity index (χ0) is 16.3. The molecule has 1 aliphatic rings. The van der Waals surface area contributed by atoms with E-state index in [0.717, 1.165) is 10.6 Å². The van der Waals surface area contributed by atoms with E-state index in [-0.39, 0.29) is 18.9 Å². The fourth-order valence-corrected chi connectivity index (χ4v) is 2.76. The molecule has 22 heavy (non-hydrogen) atoms. The predicted octanol–water partition coefficient (Wildman–Crippen LogP) is 1.35. The van der Waals surface area contributed by atoms with E-state index < -0.39 is 23.8 Å².